The van der Waals surface area contributed by atoms with Crippen molar-refractivity contribution >= 4 is 11.6 Å². The molecular weight excluding hydrogens is 336 g/mol. The Bertz CT molecular complexity index is 833. The molecule has 3 aromatic carbocycles. The monoisotopic (exact) mass is 360 g/mol. The number of likely N-dealkylation sites (N-methyl/N-ethyl adjacent to an activating group) is 1. The Balaban J connectivity index is 1.44. The molecule has 27 heavy (non-hydrogen) atoms. The summed E-state index contributed by atoms with van der Waals surface area (Å²) in [4.78, 5) is 14.0. The van der Waals surface area contributed by atoms with E-state index in [1.807, 2.05) is 92.0 Å². The van der Waals surface area contributed by atoms with Crippen LogP contribution in [-0.2, 0) is 17.9 Å². The molecule has 0 fully saturated rings. The Morgan fingerprint density at radius 1 is 0.852 bits per heavy atom. The van der Waals surface area contributed by atoms with E-state index in [1.165, 1.54) is 0 Å². The molecule has 0 bridgehead atoms. The maximum absolute atomic E-state index is 12.3. The van der Waals surface area contributed by atoms with Crippen molar-refractivity contribution in [2.75, 3.05) is 18.9 Å². The molecule has 3 aromatic rings. The highest BCUT2D eigenvalue weighted by Crippen LogP contribution is 2.17. The van der Waals surface area contributed by atoms with Crippen molar-refractivity contribution in [3.05, 3.63) is 96.1 Å². The first-order valence-corrected chi connectivity index (χ1v) is 8.99. The number of ether oxygens (including phenoxy) is 1. The van der Waals surface area contributed by atoms with Gasteiger partial charge in [0.05, 0.1) is 6.54 Å². The molecule has 4 heteroatoms. The molecule has 1 amide bonds. The lowest BCUT2D eigenvalue weighted by atomic mass is 10.2. The number of nitrogens with one attached hydrogen (secondary N) is 1. The van der Waals surface area contributed by atoms with Crippen molar-refractivity contribution in [1.29, 1.82) is 0 Å². The molecule has 0 aliphatic rings. The van der Waals surface area contributed by atoms with Gasteiger partial charge < -0.3 is 15.0 Å². The first-order valence-electron chi connectivity index (χ1n) is 8.99. The zero-order valence-corrected chi connectivity index (χ0v) is 15.5. The predicted molar refractivity (Wildman–Crippen MR) is 109 cm³/mol. The predicted octanol–water partition coefficient (Wildman–Crippen LogP) is 4.34. The van der Waals surface area contributed by atoms with Crippen LogP contribution in [-0.4, -0.2) is 24.4 Å². The van der Waals surface area contributed by atoms with E-state index in [2.05, 4.69) is 5.32 Å². The van der Waals surface area contributed by atoms with Crippen LogP contribution in [0.3, 0.4) is 0 Å². The number of hydrogen-bond acceptors (Lipinski definition) is 3. The zero-order chi connectivity index (χ0) is 18.9. The third kappa shape index (κ3) is 5.89. The summed E-state index contributed by atoms with van der Waals surface area (Å²) in [5.74, 6) is 0.847. The number of carbonyl (C=O) groups excluding carboxylic acids is 1. The molecule has 0 aliphatic carbocycles. The van der Waals surface area contributed by atoms with Crippen LogP contribution in [0.25, 0.3) is 0 Å². The summed E-state index contributed by atoms with van der Waals surface area (Å²) < 4.78 is 5.77. The molecule has 0 radical (unpaired) electrons. The second-order valence-corrected chi connectivity index (χ2v) is 6.39. The standard InChI is InChI=1S/C23H24N2O2/c1-25(17-19-8-4-2-5-9-19)23(26)16-24-21-12-14-22(15-13-21)27-18-20-10-6-3-7-11-20/h2-15,24H,16-18H2,1H3. The van der Waals surface area contributed by atoms with E-state index >= 15 is 0 Å². The average molecular weight is 360 g/mol. The number of carbonyl (C=O) groups is 1. The highest BCUT2D eigenvalue weighted by Gasteiger charge is 2.09. The van der Waals surface area contributed by atoms with E-state index in [4.69, 9.17) is 4.74 Å². The molecule has 0 heterocycles. The third-order valence-electron chi connectivity index (χ3n) is 4.23. The van der Waals surface area contributed by atoms with Gasteiger partial charge in [0.1, 0.15) is 12.4 Å². The van der Waals surface area contributed by atoms with Gasteiger partial charge in [-0.3, -0.25) is 4.79 Å². The number of hydrogen-bond donors (Lipinski definition) is 1. The van der Waals surface area contributed by atoms with Gasteiger partial charge in [-0.25, -0.2) is 0 Å². The van der Waals surface area contributed by atoms with Gasteiger partial charge >= 0.3 is 0 Å². The van der Waals surface area contributed by atoms with Gasteiger partial charge in [0, 0.05) is 19.3 Å². The van der Waals surface area contributed by atoms with E-state index in [0.29, 0.717) is 13.2 Å². The molecule has 1 N–H and O–H groups in total. The van der Waals surface area contributed by atoms with Crippen molar-refractivity contribution in [3.8, 4) is 5.75 Å². The smallest absolute Gasteiger partial charge is 0.241 e. The summed E-state index contributed by atoms with van der Waals surface area (Å²) in [5, 5.41) is 3.17. The highest BCUT2D eigenvalue weighted by atomic mass is 16.5. The normalized spacial score (nSPS) is 10.3. The molecule has 4 nitrogen and oxygen atoms in total. The topological polar surface area (TPSA) is 41.6 Å². The number of amides is 1. The van der Waals surface area contributed by atoms with Crippen LogP contribution >= 0.6 is 0 Å². The Morgan fingerprint density at radius 3 is 2.07 bits per heavy atom. The molecule has 138 valence electrons. The summed E-state index contributed by atoms with van der Waals surface area (Å²) in [6.07, 6.45) is 0. The van der Waals surface area contributed by atoms with E-state index in [9.17, 15) is 4.79 Å². The van der Waals surface area contributed by atoms with E-state index in [0.717, 1.165) is 22.6 Å². The first kappa shape index (κ1) is 18.5. The second-order valence-electron chi connectivity index (χ2n) is 6.39. The Labute approximate surface area is 160 Å². The van der Waals surface area contributed by atoms with E-state index in [-0.39, 0.29) is 12.5 Å². The second kappa shape index (κ2) is 9.43. The number of benzene rings is 3. The van der Waals surface area contributed by atoms with Gasteiger partial charge in [0.15, 0.2) is 0 Å². The number of rotatable bonds is 8. The minimum absolute atomic E-state index is 0.0447. The summed E-state index contributed by atoms with van der Waals surface area (Å²) in [6, 6.07) is 27.7. The summed E-state index contributed by atoms with van der Waals surface area (Å²) >= 11 is 0. The van der Waals surface area contributed by atoms with Crippen LogP contribution in [0.1, 0.15) is 11.1 Å². The largest absolute Gasteiger partial charge is 0.489 e. The Hall–Kier alpha value is -3.27. The maximum atomic E-state index is 12.3. The van der Waals surface area contributed by atoms with Crippen LogP contribution in [0.4, 0.5) is 5.69 Å². The lowest BCUT2D eigenvalue weighted by Crippen LogP contribution is -2.31. The Kier molecular flexibility index (Phi) is 6.47. The quantitative estimate of drug-likeness (QED) is 0.650. The van der Waals surface area contributed by atoms with Gasteiger partial charge in [0.25, 0.3) is 0 Å². The number of nitrogens with zero attached hydrogens (tertiary/aromatic N) is 1. The van der Waals surface area contributed by atoms with Gasteiger partial charge in [-0.1, -0.05) is 60.7 Å². The van der Waals surface area contributed by atoms with E-state index < -0.39 is 0 Å². The highest BCUT2D eigenvalue weighted by molar-refractivity contribution is 5.80. The van der Waals surface area contributed by atoms with Crippen LogP contribution in [0, 0.1) is 0 Å². The third-order valence-corrected chi connectivity index (χ3v) is 4.23. The fourth-order valence-corrected chi connectivity index (χ4v) is 2.67. The molecular formula is C23H24N2O2. The van der Waals surface area contributed by atoms with Gasteiger partial charge in [-0.05, 0) is 35.4 Å². The van der Waals surface area contributed by atoms with Crippen molar-refractivity contribution in [1.82, 2.24) is 4.90 Å². The summed E-state index contributed by atoms with van der Waals surface area (Å²) in [7, 11) is 1.82. The molecule has 0 saturated heterocycles. The molecule has 0 unspecified atom stereocenters. The minimum atomic E-state index is 0.0447. The minimum Gasteiger partial charge on any atom is -0.489 e. The van der Waals surface area contributed by atoms with Gasteiger partial charge in [-0.15, -0.1) is 0 Å². The van der Waals surface area contributed by atoms with Gasteiger partial charge in [0.2, 0.25) is 5.91 Å². The lowest BCUT2D eigenvalue weighted by molar-refractivity contribution is -0.128. The van der Waals surface area contributed by atoms with Crippen LogP contribution < -0.4 is 10.1 Å². The van der Waals surface area contributed by atoms with Crippen molar-refractivity contribution in [3.63, 3.8) is 0 Å². The first-order chi connectivity index (χ1) is 13.2. The molecule has 0 aliphatic heterocycles. The van der Waals surface area contributed by atoms with Crippen LogP contribution in [0.2, 0.25) is 0 Å². The molecule has 0 saturated carbocycles. The molecule has 3 rings (SSSR count). The fourth-order valence-electron chi connectivity index (χ4n) is 2.67. The van der Waals surface area contributed by atoms with Crippen molar-refractivity contribution in [2.24, 2.45) is 0 Å². The molecule has 0 aromatic heterocycles. The SMILES string of the molecule is CN(Cc1ccccc1)C(=O)CNc1ccc(OCc2ccccc2)cc1. The summed E-state index contributed by atoms with van der Waals surface area (Å²) in [5.41, 5.74) is 3.14. The van der Waals surface area contributed by atoms with Crippen molar-refractivity contribution < 1.29 is 9.53 Å². The van der Waals surface area contributed by atoms with E-state index in [1.54, 1.807) is 4.90 Å². The van der Waals surface area contributed by atoms with Crippen molar-refractivity contribution in [2.45, 2.75) is 13.2 Å². The van der Waals surface area contributed by atoms with Crippen LogP contribution in [0.5, 0.6) is 5.75 Å². The molecule has 0 atom stereocenters. The maximum Gasteiger partial charge on any atom is 0.241 e. The molecule has 0 spiro atoms. The van der Waals surface area contributed by atoms with Crippen LogP contribution in [0.15, 0.2) is 84.9 Å². The number of anilines is 1. The Morgan fingerprint density at radius 2 is 1.44 bits per heavy atom. The summed E-state index contributed by atoms with van der Waals surface area (Å²) in [6.45, 7) is 1.40. The fraction of sp³-hybridized carbons (Fsp3) is 0.174. The zero-order valence-electron chi connectivity index (χ0n) is 15.5. The lowest BCUT2D eigenvalue weighted by Gasteiger charge is -2.18. The average Bonchev–Trinajstić information content (AvgIpc) is 2.72. The van der Waals surface area contributed by atoms with Gasteiger partial charge in [-0.2, -0.15) is 0 Å².